The summed E-state index contributed by atoms with van der Waals surface area (Å²) in [5.74, 6) is 0.0239. The van der Waals surface area contributed by atoms with Crippen LogP contribution in [0.1, 0.15) is 20.8 Å². The number of carbonyl (C=O) groups is 2. The van der Waals surface area contributed by atoms with Gasteiger partial charge >= 0.3 is 6.09 Å². The van der Waals surface area contributed by atoms with Crippen molar-refractivity contribution in [2.45, 2.75) is 31.2 Å². The molecule has 1 fully saturated rings. The van der Waals surface area contributed by atoms with Gasteiger partial charge in [-0.25, -0.2) is 4.79 Å². The van der Waals surface area contributed by atoms with Gasteiger partial charge in [0.1, 0.15) is 5.60 Å². The summed E-state index contributed by atoms with van der Waals surface area (Å²) in [5.41, 5.74) is -0.509. The topological polar surface area (TPSA) is 46.6 Å². The first-order valence-electron chi connectivity index (χ1n) is 4.44. The molecular formula is C9H14BrNO3. The van der Waals surface area contributed by atoms with E-state index >= 15 is 0 Å². The Balaban J connectivity index is 2.52. The second kappa shape index (κ2) is 3.88. The van der Waals surface area contributed by atoms with Crippen molar-refractivity contribution in [1.82, 2.24) is 4.90 Å². The highest BCUT2D eigenvalue weighted by atomic mass is 79.9. The maximum absolute atomic E-state index is 11.5. The summed E-state index contributed by atoms with van der Waals surface area (Å²) in [5, 5.41) is 0. The van der Waals surface area contributed by atoms with Crippen molar-refractivity contribution in [1.29, 1.82) is 0 Å². The molecule has 0 aliphatic carbocycles. The summed E-state index contributed by atoms with van der Waals surface area (Å²) in [7, 11) is 0. The fourth-order valence-corrected chi connectivity index (χ4v) is 1.61. The highest BCUT2D eigenvalue weighted by molar-refractivity contribution is 9.10. The molecule has 1 amide bonds. The molecule has 1 heterocycles. The van der Waals surface area contributed by atoms with Crippen LogP contribution in [0.4, 0.5) is 4.79 Å². The SMILES string of the molecule is CC(C)(C)OC(=O)N1CC(=O)[C@@H](Br)C1. The Bertz CT molecular complexity index is 259. The Morgan fingerprint density at radius 3 is 2.50 bits per heavy atom. The Morgan fingerprint density at radius 1 is 1.57 bits per heavy atom. The van der Waals surface area contributed by atoms with Crippen LogP contribution in [0.25, 0.3) is 0 Å². The van der Waals surface area contributed by atoms with Crippen LogP contribution >= 0.6 is 15.9 Å². The van der Waals surface area contributed by atoms with Crippen LogP contribution in [0.15, 0.2) is 0 Å². The monoisotopic (exact) mass is 263 g/mol. The number of likely N-dealkylation sites (tertiary alicyclic amines) is 1. The summed E-state index contributed by atoms with van der Waals surface area (Å²) in [6.45, 7) is 5.94. The van der Waals surface area contributed by atoms with Gasteiger partial charge in [-0.1, -0.05) is 15.9 Å². The van der Waals surface area contributed by atoms with E-state index in [1.165, 1.54) is 4.90 Å². The molecule has 1 atom stereocenters. The highest BCUT2D eigenvalue weighted by Gasteiger charge is 2.34. The van der Waals surface area contributed by atoms with E-state index < -0.39 is 11.7 Å². The number of hydrogen-bond donors (Lipinski definition) is 0. The van der Waals surface area contributed by atoms with Gasteiger partial charge in [0.2, 0.25) is 0 Å². The van der Waals surface area contributed by atoms with E-state index in [4.69, 9.17) is 4.74 Å². The molecule has 1 aliphatic rings. The van der Waals surface area contributed by atoms with Crippen LogP contribution in [-0.2, 0) is 9.53 Å². The number of ether oxygens (including phenoxy) is 1. The predicted molar refractivity (Wildman–Crippen MR) is 55.5 cm³/mol. The zero-order chi connectivity index (χ0) is 10.9. The standard InChI is InChI=1S/C9H14BrNO3/c1-9(2,3)14-8(13)11-4-6(10)7(12)5-11/h6H,4-5H2,1-3H3/t6-/m0/s1. The third-order valence-corrected chi connectivity index (χ3v) is 2.53. The maximum atomic E-state index is 11.5. The maximum Gasteiger partial charge on any atom is 0.410 e. The van der Waals surface area contributed by atoms with E-state index in [2.05, 4.69) is 15.9 Å². The van der Waals surface area contributed by atoms with Crippen LogP contribution in [0.5, 0.6) is 0 Å². The minimum absolute atomic E-state index is 0.0239. The van der Waals surface area contributed by atoms with Crippen LogP contribution in [0, 0.1) is 0 Å². The molecule has 0 N–H and O–H groups in total. The Morgan fingerprint density at radius 2 is 2.14 bits per heavy atom. The Hall–Kier alpha value is -0.580. The van der Waals surface area contributed by atoms with Crippen LogP contribution in [-0.4, -0.2) is 40.3 Å². The molecule has 5 heteroatoms. The molecule has 0 radical (unpaired) electrons. The molecule has 4 nitrogen and oxygen atoms in total. The van der Waals surface area contributed by atoms with Crippen LogP contribution < -0.4 is 0 Å². The van der Waals surface area contributed by atoms with E-state index in [-0.39, 0.29) is 17.2 Å². The lowest BCUT2D eigenvalue weighted by atomic mass is 10.2. The molecular weight excluding hydrogens is 250 g/mol. The van der Waals surface area contributed by atoms with Crippen molar-refractivity contribution < 1.29 is 14.3 Å². The average Bonchev–Trinajstić information content (AvgIpc) is 2.28. The first-order valence-corrected chi connectivity index (χ1v) is 5.36. The number of halogens is 1. The summed E-state index contributed by atoms with van der Waals surface area (Å²) in [6.07, 6.45) is -0.423. The molecule has 1 rings (SSSR count). The second-order valence-corrected chi connectivity index (χ2v) is 5.40. The van der Waals surface area contributed by atoms with Crippen molar-refractivity contribution in [2.75, 3.05) is 13.1 Å². The molecule has 80 valence electrons. The summed E-state index contributed by atoms with van der Waals surface area (Å²) in [6, 6.07) is 0. The van der Waals surface area contributed by atoms with Gasteiger partial charge in [0.05, 0.1) is 11.4 Å². The average molecular weight is 264 g/mol. The van der Waals surface area contributed by atoms with Crippen LogP contribution in [0.2, 0.25) is 0 Å². The lowest BCUT2D eigenvalue weighted by Crippen LogP contribution is -2.35. The predicted octanol–water partition coefficient (Wildman–Crippen LogP) is 1.57. The summed E-state index contributed by atoms with van der Waals surface area (Å²) >= 11 is 3.19. The lowest BCUT2D eigenvalue weighted by Gasteiger charge is -2.23. The number of amides is 1. The third kappa shape index (κ3) is 2.97. The molecule has 1 saturated heterocycles. The smallest absolute Gasteiger partial charge is 0.410 e. The normalized spacial score (nSPS) is 22.7. The van der Waals surface area contributed by atoms with E-state index in [1.54, 1.807) is 20.8 Å². The van der Waals surface area contributed by atoms with Gasteiger partial charge in [0.25, 0.3) is 0 Å². The van der Waals surface area contributed by atoms with E-state index in [0.717, 1.165) is 0 Å². The van der Waals surface area contributed by atoms with Gasteiger partial charge in [0.15, 0.2) is 5.78 Å². The van der Waals surface area contributed by atoms with Gasteiger partial charge in [-0.05, 0) is 20.8 Å². The van der Waals surface area contributed by atoms with Crippen molar-refractivity contribution in [2.24, 2.45) is 0 Å². The molecule has 0 unspecified atom stereocenters. The fourth-order valence-electron chi connectivity index (χ4n) is 1.11. The van der Waals surface area contributed by atoms with Crippen molar-refractivity contribution in [3.8, 4) is 0 Å². The first kappa shape index (κ1) is 11.5. The number of alkyl halides is 1. The van der Waals surface area contributed by atoms with Gasteiger partial charge in [-0.2, -0.15) is 0 Å². The van der Waals surface area contributed by atoms with Crippen molar-refractivity contribution in [3.63, 3.8) is 0 Å². The number of hydrogen-bond acceptors (Lipinski definition) is 3. The molecule has 0 saturated carbocycles. The molecule has 0 spiro atoms. The number of carbonyl (C=O) groups excluding carboxylic acids is 2. The Kier molecular flexibility index (Phi) is 3.19. The second-order valence-electron chi connectivity index (χ2n) is 4.29. The van der Waals surface area contributed by atoms with Gasteiger partial charge in [0, 0.05) is 6.54 Å². The minimum Gasteiger partial charge on any atom is -0.444 e. The van der Waals surface area contributed by atoms with Crippen LogP contribution in [0.3, 0.4) is 0 Å². The quantitative estimate of drug-likeness (QED) is 0.624. The highest BCUT2D eigenvalue weighted by Crippen LogP contribution is 2.17. The van der Waals surface area contributed by atoms with Gasteiger partial charge < -0.3 is 4.74 Å². The van der Waals surface area contributed by atoms with Gasteiger partial charge in [-0.3, -0.25) is 9.69 Å². The lowest BCUT2D eigenvalue weighted by molar-refractivity contribution is -0.116. The number of ketones is 1. The van der Waals surface area contributed by atoms with E-state index in [1.807, 2.05) is 0 Å². The zero-order valence-corrected chi connectivity index (χ0v) is 10.1. The molecule has 14 heavy (non-hydrogen) atoms. The van der Waals surface area contributed by atoms with Gasteiger partial charge in [-0.15, -0.1) is 0 Å². The summed E-state index contributed by atoms with van der Waals surface area (Å²) < 4.78 is 5.13. The van der Waals surface area contributed by atoms with E-state index in [0.29, 0.717) is 6.54 Å². The molecule has 0 bridgehead atoms. The number of Topliss-reactive ketones (excluding diaryl/α,β-unsaturated/α-hetero) is 1. The Labute approximate surface area is 91.7 Å². The first-order chi connectivity index (χ1) is 6.29. The zero-order valence-electron chi connectivity index (χ0n) is 8.54. The molecule has 0 aromatic rings. The van der Waals surface area contributed by atoms with E-state index in [9.17, 15) is 9.59 Å². The molecule has 0 aromatic heterocycles. The minimum atomic E-state index is -0.509. The van der Waals surface area contributed by atoms with Crippen molar-refractivity contribution >= 4 is 27.8 Å². The van der Waals surface area contributed by atoms with Crippen molar-refractivity contribution in [3.05, 3.63) is 0 Å². The molecule has 1 aliphatic heterocycles. The summed E-state index contributed by atoms with van der Waals surface area (Å²) in [4.78, 5) is 23.8. The number of nitrogens with zero attached hydrogens (tertiary/aromatic N) is 1. The third-order valence-electron chi connectivity index (χ3n) is 1.73. The number of rotatable bonds is 0. The largest absolute Gasteiger partial charge is 0.444 e. The molecule has 0 aromatic carbocycles. The fraction of sp³-hybridized carbons (Fsp3) is 0.778.